The van der Waals surface area contributed by atoms with E-state index in [1.54, 1.807) is 6.07 Å². The van der Waals surface area contributed by atoms with Gasteiger partial charge in [0.2, 0.25) is 5.76 Å². The number of rotatable bonds is 6. The van der Waals surface area contributed by atoms with Crippen LogP contribution in [0.3, 0.4) is 0 Å². The van der Waals surface area contributed by atoms with Crippen molar-refractivity contribution in [3.8, 4) is 0 Å². The average Bonchev–Trinajstić information content (AvgIpc) is 3.27. The lowest BCUT2D eigenvalue weighted by Crippen LogP contribution is -2.23. The molecule has 3 rings (SSSR count). The molecule has 158 valence electrons. The third-order valence-corrected chi connectivity index (χ3v) is 5.26. The van der Waals surface area contributed by atoms with Crippen LogP contribution in [0.25, 0.3) is 0 Å². The van der Waals surface area contributed by atoms with E-state index in [9.17, 15) is 32.9 Å². The molecule has 0 saturated carbocycles. The fourth-order valence-corrected chi connectivity index (χ4v) is 3.59. The number of carbonyl (C=O) groups excluding carboxylic acids is 1. The Morgan fingerprint density at radius 2 is 2.03 bits per heavy atom. The Bertz CT molecular complexity index is 1160. The van der Waals surface area contributed by atoms with Gasteiger partial charge in [0.25, 0.3) is 11.6 Å². The highest BCUT2D eigenvalue weighted by molar-refractivity contribution is 7.11. The molecule has 1 aromatic carbocycles. The maximum atomic E-state index is 12.7. The summed E-state index contributed by atoms with van der Waals surface area (Å²) in [6.07, 6.45) is -4.63. The van der Waals surface area contributed by atoms with Crippen molar-refractivity contribution in [3.63, 3.8) is 0 Å². The van der Waals surface area contributed by atoms with Gasteiger partial charge in [0.1, 0.15) is 10.6 Å². The second-order valence-electron chi connectivity index (χ2n) is 6.24. The van der Waals surface area contributed by atoms with Gasteiger partial charge in [-0.1, -0.05) is 23.5 Å². The number of nitro groups is 1. The van der Waals surface area contributed by atoms with Crippen LogP contribution >= 0.6 is 11.3 Å². The lowest BCUT2D eigenvalue weighted by molar-refractivity contribution is -0.384. The summed E-state index contributed by atoms with van der Waals surface area (Å²) < 4.78 is 43.8. The zero-order chi connectivity index (χ0) is 22.1. The van der Waals surface area contributed by atoms with E-state index >= 15 is 0 Å². The van der Waals surface area contributed by atoms with Crippen LogP contribution in [0.5, 0.6) is 0 Å². The lowest BCUT2D eigenvalue weighted by atomic mass is 10.2. The first-order chi connectivity index (χ1) is 14.1. The highest BCUT2D eigenvalue weighted by Crippen LogP contribution is 2.30. The molecular weight excluding hydrogens is 427 g/mol. The molecule has 8 nitrogen and oxygen atoms in total. The van der Waals surface area contributed by atoms with Crippen molar-refractivity contribution in [3.05, 3.63) is 83.8 Å². The number of furan rings is 1. The number of alkyl halides is 3. The van der Waals surface area contributed by atoms with E-state index in [0.717, 1.165) is 16.7 Å². The van der Waals surface area contributed by atoms with Crippen molar-refractivity contribution in [2.45, 2.75) is 26.2 Å². The van der Waals surface area contributed by atoms with Crippen molar-refractivity contribution in [1.82, 2.24) is 9.88 Å². The molecule has 1 N–H and O–H groups in total. The Hall–Kier alpha value is -3.41. The van der Waals surface area contributed by atoms with E-state index in [0.29, 0.717) is 16.9 Å². The summed E-state index contributed by atoms with van der Waals surface area (Å²) >= 11 is 0.647. The molecule has 0 aliphatic carbocycles. The van der Waals surface area contributed by atoms with Crippen molar-refractivity contribution in [1.29, 1.82) is 0 Å². The number of amides is 1. The molecule has 0 unspecified atom stereocenters. The van der Waals surface area contributed by atoms with Crippen LogP contribution in [0.15, 0.2) is 45.6 Å². The van der Waals surface area contributed by atoms with Gasteiger partial charge in [-0.2, -0.15) is 13.2 Å². The van der Waals surface area contributed by atoms with Crippen LogP contribution in [0.1, 0.15) is 32.4 Å². The van der Waals surface area contributed by atoms with E-state index in [1.165, 1.54) is 25.1 Å². The molecule has 0 aliphatic heterocycles. The third-order valence-electron chi connectivity index (χ3n) is 4.18. The Morgan fingerprint density at radius 3 is 2.67 bits per heavy atom. The van der Waals surface area contributed by atoms with Crippen molar-refractivity contribution in [2.75, 3.05) is 0 Å². The largest absolute Gasteiger partial charge is 0.455 e. The molecule has 0 aliphatic rings. The van der Waals surface area contributed by atoms with Crippen LogP contribution < -0.4 is 10.2 Å². The fourth-order valence-electron chi connectivity index (χ4n) is 2.68. The molecule has 0 spiro atoms. The number of halogens is 3. The van der Waals surface area contributed by atoms with Gasteiger partial charge in [-0.15, -0.1) is 0 Å². The zero-order valence-electron chi connectivity index (χ0n) is 15.4. The van der Waals surface area contributed by atoms with Gasteiger partial charge in [0, 0.05) is 24.4 Å². The molecule has 30 heavy (non-hydrogen) atoms. The minimum Gasteiger partial charge on any atom is -0.455 e. The van der Waals surface area contributed by atoms with Gasteiger partial charge < -0.3 is 9.73 Å². The SMILES string of the molecule is Cc1c(C(=O)NCc2cccc([N+](=O)[O-])c2)sc(=O)n1Cc1ccc(C(F)(F)F)o1. The van der Waals surface area contributed by atoms with E-state index in [-0.39, 0.29) is 35.1 Å². The van der Waals surface area contributed by atoms with Crippen LogP contribution in [0.2, 0.25) is 0 Å². The number of carbonyl (C=O) groups is 1. The fraction of sp³-hybridized carbons (Fsp3) is 0.222. The first-order valence-corrected chi connectivity index (χ1v) is 9.25. The second kappa shape index (κ2) is 8.14. The minimum atomic E-state index is -4.63. The summed E-state index contributed by atoms with van der Waals surface area (Å²) in [6, 6.07) is 7.61. The first kappa shape index (κ1) is 21.3. The molecule has 0 saturated heterocycles. The summed E-state index contributed by atoms with van der Waals surface area (Å²) in [5, 5.41) is 13.4. The van der Waals surface area contributed by atoms with Gasteiger partial charge in [-0.05, 0) is 24.6 Å². The first-order valence-electron chi connectivity index (χ1n) is 8.44. The van der Waals surface area contributed by atoms with Crippen molar-refractivity contribution < 1.29 is 27.3 Å². The number of nitro benzene ring substituents is 1. The number of nitrogens with one attached hydrogen (secondary N) is 1. The van der Waals surface area contributed by atoms with Gasteiger partial charge >= 0.3 is 11.0 Å². The molecule has 0 radical (unpaired) electrons. The predicted octanol–water partition coefficient (Wildman–Crippen LogP) is 3.72. The predicted molar refractivity (Wildman–Crippen MR) is 100 cm³/mol. The summed E-state index contributed by atoms with van der Waals surface area (Å²) in [5.74, 6) is -1.82. The summed E-state index contributed by atoms with van der Waals surface area (Å²) in [5.41, 5.74) is 0.647. The molecular formula is C18H14F3N3O5S. The number of nitrogens with zero attached hydrogens (tertiary/aromatic N) is 2. The molecule has 0 bridgehead atoms. The third kappa shape index (κ3) is 4.59. The zero-order valence-corrected chi connectivity index (χ0v) is 16.2. The minimum absolute atomic E-state index is 0.000823. The molecule has 3 aromatic rings. The summed E-state index contributed by atoms with van der Waals surface area (Å²) in [4.78, 5) is 34.5. The Kier molecular flexibility index (Phi) is 5.78. The van der Waals surface area contributed by atoms with Crippen molar-refractivity contribution >= 4 is 22.9 Å². The highest BCUT2D eigenvalue weighted by atomic mass is 32.1. The van der Waals surface area contributed by atoms with Gasteiger partial charge in [-0.3, -0.25) is 24.3 Å². The quantitative estimate of drug-likeness (QED) is 0.464. The van der Waals surface area contributed by atoms with Crippen molar-refractivity contribution in [2.24, 2.45) is 0 Å². The molecule has 1 amide bonds. The van der Waals surface area contributed by atoms with Gasteiger partial charge in [0.05, 0.1) is 11.5 Å². The monoisotopic (exact) mass is 441 g/mol. The number of hydrogen-bond donors (Lipinski definition) is 1. The summed E-state index contributed by atoms with van der Waals surface area (Å²) in [6.45, 7) is 1.24. The molecule has 12 heteroatoms. The smallest absolute Gasteiger partial charge is 0.449 e. The van der Waals surface area contributed by atoms with Gasteiger partial charge in [0.15, 0.2) is 0 Å². The van der Waals surface area contributed by atoms with E-state index in [4.69, 9.17) is 4.42 Å². The van der Waals surface area contributed by atoms with Crippen LogP contribution in [-0.2, 0) is 19.3 Å². The molecule has 0 atom stereocenters. The standard InChI is InChI=1S/C18H14F3N3O5S/c1-10-15(16(25)22-8-11-3-2-4-12(7-11)24(27)28)30-17(26)23(10)9-13-5-6-14(29-13)18(19,20)21/h2-7H,8-9H2,1H3,(H,22,25). The average molecular weight is 441 g/mol. The van der Waals surface area contributed by atoms with Crippen LogP contribution in [-0.4, -0.2) is 15.4 Å². The Balaban J connectivity index is 1.74. The molecule has 2 heterocycles. The molecule has 0 fully saturated rings. The highest BCUT2D eigenvalue weighted by Gasteiger charge is 2.34. The Morgan fingerprint density at radius 1 is 1.30 bits per heavy atom. The maximum absolute atomic E-state index is 12.7. The van der Waals surface area contributed by atoms with E-state index < -0.39 is 27.6 Å². The van der Waals surface area contributed by atoms with Crippen LogP contribution in [0.4, 0.5) is 18.9 Å². The lowest BCUT2D eigenvalue weighted by Gasteiger charge is -2.06. The van der Waals surface area contributed by atoms with E-state index in [1.807, 2.05) is 0 Å². The van der Waals surface area contributed by atoms with Crippen LogP contribution in [0, 0.1) is 17.0 Å². The number of aromatic nitrogens is 1. The Labute approximate surface area is 170 Å². The number of non-ortho nitro benzene ring substituents is 1. The topological polar surface area (TPSA) is 107 Å². The summed E-state index contributed by atoms with van der Waals surface area (Å²) in [7, 11) is 0. The second-order valence-corrected chi connectivity index (χ2v) is 7.20. The van der Waals surface area contributed by atoms with Gasteiger partial charge in [-0.25, -0.2) is 0 Å². The normalized spacial score (nSPS) is 11.5. The van der Waals surface area contributed by atoms with E-state index in [2.05, 4.69) is 5.32 Å². The maximum Gasteiger partial charge on any atom is 0.449 e. The number of benzene rings is 1. The number of thiazole rings is 1. The molecule has 2 aromatic heterocycles. The number of hydrogen-bond acceptors (Lipinski definition) is 6.